The number of hydrogen-bond acceptors (Lipinski definition) is 6. The molecule has 26 heavy (non-hydrogen) atoms. The van der Waals surface area contributed by atoms with Crippen molar-refractivity contribution in [3.63, 3.8) is 0 Å². The third-order valence-electron chi connectivity index (χ3n) is 4.63. The van der Waals surface area contributed by atoms with Crippen LogP contribution in [0.5, 0.6) is 5.75 Å². The van der Waals surface area contributed by atoms with Crippen molar-refractivity contribution in [2.45, 2.75) is 25.3 Å². The highest BCUT2D eigenvalue weighted by molar-refractivity contribution is 7.91. The van der Waals surface area contributed by atoms with Crippen molar-refractivity contribution in [2.24, 2.45) is 0 Å². The number of thiazole rings is 1. The summed E-state index contributed by atoms with van der Waals surface area (Å²) in [6.07, 6.45) is 1.38. The number of amides is 1. The van der Waals surface area contributed by atoms with Gasteiger partial charge in [-0.05, 0) is 25.0 Å². The van der Waals surface area contributed by atoms with Crippen LogP contribution in [0.3, 0.4) is 0 Å². The van der Waals surface area contributed by atoms with E-state index in [-0.39, 0.29) is 23.5 Å². The number of aryl methyl sites for hydroxylation is 1. The Hall–Kier alpha value is -1.93. The van der Waals surface area contributed by atoms with Crippen molar-refractivity contribution in [1.29, 1.82) is 0 Å². The van der Waals surface area contributed by atoms with Crippen LogP contribution in [0.4, 0.5) is 0 Å². The highest BCUT2D eigenvalue weighted by atomic mass is 32.2. The predicted octanol–water partition coefficient (Wildman–Crippen LogP) is 2.40. The van der Waals surface area contributed by atoms with E-state index in [1.807, 2.05) is 29.6 Å². The average Bonchev–Trinajstić information content (AvgIpc) is 3.25. The zero-order valence-electron chi connectivity index (χ0n) is 14.8. The monoisotopic (exact) mass is 394 g/mol. The van der Waals surface area contributed by atoms with Gasteiger partial charge in [-0.3, -0.25) is 4.79 Å². The quantitative estimate of drug-likeness (QED) is 0.752. The van der Waals surface area contributed by atoms with Gasteiger partial charge in [0.1, 0.15) is 10.8 Å². The SMILES string of the molecule is COc1ccccc1-c1nc(CCC(=O)N(C)C2CCS(=O)(=O)C2)cs1. The molecule has 2 heterocycles. The Kier molecular flexibility index (Phi) is 5.62. The summed E-state index contributed by atoms with van der Waals surface area (Å²) < 4.78 is 28.5. The first-order valence-electron chi connectivity index (χ1n) is 8.43. The molecular formula is C18H22N2O4S2. The van der Waals surface area contributed by atoms with E-state index in [2.05, 4.69) is 4.98 Å². The molecule has 140 valence electrons. The van der Waals surface area contributed by atoms with Gasteiger partial charge in [-0.2, -0.15) is 0 Å². The fourth-order valence-electron chi connectivity index (χ4n) is 3.06. The molecule has 0 spiro atoms. The second kappa shape index (κ2) is 7.75. The van der Waals surface area contributed by atoms with Crippen LogP contribution in [0.25, 0.3) is 10.6 Å². The van der Waals surface area contributed by atoms with Crippen molar-refractivity contribution < 1.29 is 17.9 Å². The van der Waals surface area contributed by atoms with Crippen molar-refractivity contribution in [1.82, 2.24) is 9.88 Å². The number of ether oxygens (including phenoxy) is 1. The number of rotatable bonds is 6. The molecule has 1 aromatic heterocycles. The van der Waals surface area contributed by atoms with Gasteiger partial charge < -0.3 is 9.64 Å². The van der Waals surface area contributed by atoms with Crippen LogP contribution >= 0.6 is 11.3 Å². The number of benzene rings is 1. The zero-order chi connectivity index (χ0) is 18.7. The maximum Gasteiger partial charge on any atom is 0.222 e. The first kappa shape index (κ1) is 18.8. The lowest BCUT2D eigenvalue weighted by Crippen LogP contribution is -2.37. The summed E-state index contributed by atoms with van der Waals surface area (Å²) in [5, 5.41) is 2.81. The van der Waals surface area contributed by atoms with E-state index in [1.165, 1.54) is 11.3 Å². The van der Waals surface area contributed by atoms with E-state index in [4.69, 9.17) is 4.74 Å². The number of nitrogens with zero attached hydrogens (tertiary/aromatic N) is 2. The Balaban J connectivity index is 1.60. The van der Waals surface area contributed by atoms with Crippen molar-refractivity contribution >= 4 is 27.1 Å². The maximum atomic E-state index is 12.4. The van der Waals surface area contributed by atoms with Gasteiger partial charge in [-0.25, -0.2) is 13.4 Å². The van der Waals surface area contributed by atoms with Gasteiger partial charge >= 0.3 is 0 Å². The Morgan fingerprint density at radius 2 is 2.15 bits per heavy atom. The third-order valence-corrected chi connectivity index (χ3v) is 7.31. The molecule has 0 radical (unpaired) electrons. The highest BCUT2D eigenvalue weighted by Gasteiger charge is 2.32. The topological polar surface area (TPSA) is 76.6 Å². The molecule has 1 atom stereocenters. The third kappa shape index (κ3) is 4.24. The van der Waals surface area contributed by atoms with Gasteiger partial charge in [0, 0.05) is 24.9 Å². The predicted molar refractivity (Wildman–Crippen MR) is 102 cm³/mol. The molecule has 1 unspecified atom stereocenters. The summed E-state index contributed by atoms with van der Waals surface area (Å²) in [6.45, 7) is 0. The number of carbonyl (C=O) groups excluding carboxylic acids is 1. The van der Waals surface area contributed by atoms with Crippen molar-refractivity contribution in [3.05, 3.63) is 35.3 Å². The van der Waals surface area contributed by atoms with Gasteiger partial charge in [0.15, 0.2) is 9.84 Å². The van der Waals surface area contributed by atoms with Crippen molar-refractivity contribution in [3.8, 4) is 16.3 Å². The molecule has 1 aliphatic rings. The van der Waals surface area contributed by atoms with Gasteiger partial charge in [0.05, 0.1) is 29.9 Å². The highest BCUT2D eigenvalue weighted by Crippen LogP contribution is 2.32. The number of sulfone groups is 1. The van der Waals surface area contributed by atoms with E-state index in [0.717, 1.165) is 22.0 Å². The lowest BCUT2D eigenvalue weighted by molar-refractivity contribution is -0.131. The Labute approximate surface area is 157 Å². The van der Waals surface area contributed by atoms with Gasteiger partial charge in [0.25, 0.3) is 0 Å². The first-order valence-corrected chi connectivity index (χ1v) is 11.1. The molecular weight excluding hydrogens is 372 g/mol. The van der Waals surface area contributed by atoms with Crippen LogP contribution in [-0.4, -0.2) is 55.9 Å². The molecule has 6 nitrogen and oxygen atoms in total. The molecule has 2 aromatic rings. The zero-order valence-corrected chi connectivity index (χ0v) is 16.5. The normalized spacial score (nSPS) is 18.6. The smallest absolute Gasteiger partial charge is 0.222 e. The number of methoxy groups -OCH3 is 1. The van der Waals surface area contributed by atoms with Crippen LogP contribution < -0.4 is 4.74 Å². The Morgan fingerprint density at radius 3 is 2.85 bits per heavy atom. The van der Waals surface area contributed by atoms with Gasteiger partial charge in [-0.1, -0.05) is 12.1 Å². The largest absolute Gasteiger partial charge is 0.496 e. The fraction of sp³-hybridized carbons (Fsp3) is 0.444. The molecule has 1 aliphatic heterocycles. The molecule has 3 rings (SSSR count). The average molecular weight is 395 g/mol. The summed E-state index contributed by atoms with van der Waals surface area (Å²) >= 11 is 1.52. The van der Waals surface area contributed by atoms with Crippen LogP contribution in [0.15, 0.2) is 29.6 Å². The maximum absolute atomic E-state index is 12.4. The van der Waals surface area contributed by atoms with Gasteiger partial charge in [0.2, 0.25) is 5.91 Å². The standard InChI is InChI=1S/C18H22N2O4S2/c1-20(14-9-10-26(22,23)12-14)17(21)8-7-13-11-25-18(19-13)15-5-3-4-6-16(15)24-2/h3-6,11,14H,7-10,12H2,1-2H3. The van der Waals surface area contributed by atoms with E-state index in [0.29, 0.717) is 19.3 Å². The Bertz CT molecular complexity index is 892. The number of aromatic nitrogens is 1. The number of para-hydroxylation sites is 1. The summed E-state index contributed by atoms with van der Waals surface area (Å²) in [7, 11) is 0.328. The summed E-state index contributed by atoms with van der Waals surface area (Å²) in [5.41, 5.74) is 1.79. The minimum atomic E-state index is -2.99. The lowest BCUT2D eigenvalue weighted by atomic mass is 10.2. The van der Waals surface area contributed by atoms with Crippen LogP contribution in [0, 0.1) is 0 Å². The second-order valence-electron chi connectivity index (χ2n) is 6.41. The van der Waals surface area contributed by atoms with E-state index in [1.54, 1.807) is 19.1 Å². The summed E-state index contributed by atoms with van der Waals surface area (Å²) in [5.74, 6) is 0.971. The number of hydrogen-bond donors (Lipinski definition) is 0. The van der Waals surface area contributed by atoms with E-state index < -0.39 is 9.84 Å². The van der Waals surface area contributed by atoms with Gasteiger partial charge in [-0.15, -0.1) is 11.3 Å². The second-order valence-corrected chi connectivity index (χ2v) is 9.49. The molecule has 0 aliphatic carbocycles. The molecule has 1 amide bonds. The molecule has 0 N–H and O–H groups in total. The molecule has 1 saturated heterocycles. The first-order chi connectivity index (χ1) is 12.4. The summed E-state index contributed by atoms with van der Waals surface area (Å²) in [6, 6.07) is 7.50. The minimum Gasteiger partial charge on any atom is -0.496 e. The van der Waals surface area contributed by atoms with Crippen molar-refractivity contribution in [2.75, 3.05) is 25.7 Å². The van der Waals surface area contributed by atoms with Crippen LogP contribution in [0.2, 0.25) is 0 Å². The van der Waals surface area contributed by atoms with E-state index in [9.17, 15) is 13.2 Å². The molecule has 0 bridgehead atoms. The minimum absolute atomic E-state index is 0.0426. The van der Waals surface area contributed by atoms with E-state index >= 15 is 0 Å². The lowest BCUT2D eigenvalue weighted by Gasteiger charge is -2.23. The fourth-order valence-corrected chi connectivity index (χ4v) is 5.72. The summed E-state index contributed by atoms with van der Waals surface area (Å²) in [4.78, 5) is 18.6. The van der Waals surface area contributed by atoms with Crippen LogP contribution in [-0.2, 0) is 21.1 Å². The Morgan fingerprint density at radius 1 is 1.38 bits per heavy atom. The molecule has 1 fully saturated rings. The van der Waals surface area contributed by atoms with Crippen LogP contribution in [0.1, 0.15) is 18.5 Å². The molecule has 1 aromatic carbocycles. The molecule has 0 saturated carbocycles. The molecule has 8 heteroatoms. The number of carbonyl (C=O) groups is 1.